The summed E-state index contributed by atoms with van der Waals surface area (Å²) in [5.74, 6) is 0.907. The van der Waals surface area contributed by atoms with Gasteiger partial charge < -0.3 is 14.7 Å². The number of nitrogens with zero attached hydrogens (tertiary/aromatic N) is 1. The molecule has 1 rings (SSSR count). The number of aliphatic hydroxyl groups excluding tert-OH is 1. The highest BCUT2D eigenvalue weighted by Crippen LogP contribution is 2.18. The fourth-order valence-corrected chi connectivity index (χ4v) is 1.89. The summed E-state index contributed by atoms with van der Waals surface area (Å²) in [4.78, 5) is 2.29. The van der Waals surface area contributed by atoms with Crippen molar-refractivity contribution >= 4 is 0 Å². The SMILES string of the molecule is COc1cccc(CCN(C)C(C)(C)CCO)c1. The van der Waals surface area contributed by atoms with Gasteiger partial charge in [0.25, 0.3) is 0 Å². The van der Waals surface area contributed by atoms with E-state index in [-0.39, 0.29) is 12.1 Å². The van der Waals surface area contributed by atoms with Crippen molar-refractivity contribution in [2.75, 3.05) is 27.3 Å². The Morgan fingerprint density at radius 3 is 2.67 bits per heavy atom. The fraction of sp³-hybridized carbons (Fsp3) is 0.600. The number of ether oxygens (including phenoxy) is 1. The molecule has 1 aromatic rings. The molecule has 18 heavy (non-hydrogen) atoms. The van der Waals surface area contributed by atoms with Crippen molar-refractivity contribution in [3.05, 3.63) is 29.8 Å². The van der Waals surface area contributed by atoms with E-state index >= 15 is 0 Å². The molecule has 0 saturated carbocycles. The zero-order chi connectivity index (χ0) is 13.6. The van der Waals surface area contributed by atoms with E-state index in [9.17, 15) is 0 Å². The molecule has 0 aliphatic carbocycles. The highest BCUT2D eigenvalue weighted by atomic mass is 16.5. The minimum absolute atomic E-state index is 0.0353. The maximum Gasteiger partial charge on any atom is 0.119 e. The van der Waals surface area contributed by atoms with Gasteiger partial charge in [-0.05, 0) is 51.4 Å². The molecule has 1 aromatic carbocycles. The third kappa shape index (κ3) is 4.31. The van der Waals surface area contributed by atoms with Crippen LogP contribution in [0.15, 0.2) is 24.3 Å². The van der Waals surface area contributed by atoms with E-state index in [0.29, 0.717) is 0 Å². The molecule has 1 N–H and O–H groups in total. The highest BCUT2D eigenvalue weighted by Gasteiger charge is 2.22. The van der Waals surface area contributed by atoms with Crippen molar-refractivity contribution in [1.29, 1.82) is 0 Å². The highest BCUT2D eigenvalue weighted by molar-refractivity contribution is 5.28. The Hall–Kier alpha value is -1.06. The van der Waals surface area contributed by atoms with Gasteiger partial charge in [0.2, 0.25) is 0 Å². The number of aliphatic hydroxyl groups is 1. The van der Waals surface area contributed by atoms with Crippen LogP contribution in [0.4, 0.5) is 0 Å². The molecule has 0 radical (unpaired) electrons. The molecule has 0 aliphatic rings. The Morgan fingerprint density at radius 2 is 2.06 bits per heavy atom. The zero-order valence-corrected chi connectivity index (χ0v) is 11.9. The normalized spacial score (nSPS) is 11.9. The standard InChI is InChI=1S/C15H25NO2/c1-15(2,9-11-17)16(3)10-8-13-6-5-7-14(12-13)18-4/h5-7,12,17H,8-11H2,1-4H3. The first-order chi connectivity index (χ1) is 8.49. The van der Waals surface area contributed by atoms with Gasteiger partial charge >= 0.3 is 0 Å². The lowest BCUT2D eigenvalue weighted by molar-refractivity contribution is 0.118. The minimum atomic E-state index is 0.0353. The Labute approximate surface area is 110 Å². The van der Waals surface area contributed by atoms with Crippen molar-refractivity contribution in [3.8, 4) is 5.75 Å². The average molecular weight is 251 g/mol. The second-order valence-corrected chi connectivity index (χ2v) is 5.31. The molecule has 3 heteroatoms. The summed E-state index contributed by atoms with van der Waals surface area (Å²) in [6.45, 7) is 5.53. The van der Waals surface area contributed by atoms with Crippen LogP contribution in [0.25, 0.3) is 0 Å². The predicted octanol–water partition coefficient (Wildman–Crippen LogP) is 2.33. The quantitative estimate of drug-likeness (QED) is 0.807. The lowest BCUT2D eigenvalue weighted by Crippen LogP contribution is -2.42. The Kier molecular flexibility index (Phi) is 5.63. The van der Waals surface area contributed by atoms with Gasteiger partial charge in [-0.1, -0.05) is 12.1 Å². The van der Waals surface area contributed by atoms with Gasteiger partial charge in [-0.15, -0.1) is 0 Å². The van der Waals surface area contributed by atoms with Crippen LogP contribution < -0.4 is 4.74 Å². The number of hydrogen-bond acceptors (Lipinski definition) is 3. The van der Waals surface area contributed by atoms with Crippen molar-refractivity contribution < 1.29 is 9.84 Å². The van der Waals surface area contributed by atoms with Crippen LogP contribution in [0.5, 0.6) is 5.75 Å². The molecule has 0 atom stereocenters. The summed E-state index contributed by atoms with van der Waals surface area (Å²) in [6, 6.07) is 8.18. The second kappa shape index (κ2) is 6.76. The van der Waals surface area contributed by atoms with Crippen LogP contribution in [0.2, 0.25) is 0 Å². The first-order valence-corrected chi connectivity index (χ1v) is 6.44. The van der Waals surface area contributed by atoms with Crippen LogP contribution in [-0.2, 0) is 6.42 Å². The van der Waals surface area contributed by atoms with E-state index in [1.807, 2.05) is 12.1 Å². The number of methoxy groups -OCH3 is 1. The molecular formula is C15H25NO2. The maximum atomic E-state index is 9.06. The average Bonchev–Trinajstić information content (AvgIpc) is 2.36. The van der Waals surface area contributed by atoms with Gasteiger partial charge in [0.1, 0.15) is 5.75 Å². The van der Waals surface area contributed by atoms with Crippen molar-refractivity contribution in [2.45, 2.75) is 32.2 Å². The lowest BCUT2D eigenvalue weighted by atomic mass is 9.98. The van der Waals surface area contributed by atoms with Gasteiger partial charge in [0.05, 0.1) is 7.11 Å². The molecule has 0 heterocycles. The molecule has 0 saturated heterocycles. The third-order valence-corrected chi connectivity index (χ3v) is 3.63. The molecule has 0 aliphatic heterocycles. The molecular weight excluding hydrogens is 226 g/mol. The van der Waals surface area contributed by atoms with Gasteiger partial charge in [-0.2, -0.15) is 0 Å². The summed E-state index contributed by atoms with van der Waals surface area (Å²) < 4.78 is 5.22. The summed E-state index contributed by atoms with van der Waals surface area (Å²) in [5.41, 5.74) is 1.31. The van der Waals surface area contributed by atoms with Gasteiger partial charge in [0.15, 0.2) is 0 Å². The number of hydrogen-bond donors (Lipinski definition) is 1. The first-order valence-electron chi connectivity index (χ1n) is 6.44. The van der Waals surface area contributed by atoms with Crippen LogP contribution >= 0.6 is 0 Å². The zero-order valence-electron chi connectivity index (χ0n) is 11.9. The molecule has 0 unspecified atom stereocenters. The number of rotatable bonds is 7. The Morgan fingerprint density at radius 1 is 1.33 bits per heavy atom. The van der Waals surface area contributed by atoms with Crippen LogP contribution in [-0.4, -0.2) is 42.9 Å². The van der Waals surface area contributed by atoms with Crippen molar-refractivity contribution in [1.82, 2.24) is 4.90 Å². The van der Waals surface area contributed by atoms with E-state index in [4.69, 9.17) is 9.84 Å². The van der Waals surface area contributed by atoms with E-state index in [2.05, 4.69) is 37.9 Å². The van der Waals surface area contributed by atoms with E-state index < -0.39 is 0 Å². The molecule has 3 nitrogen and oxygen atoms in total. The second-order valence-electron chi connectivity index (χ2n) is 5.31. The largest absolute Gasteiger partial charge is 0.497 e. The lowest BCUT2D eigenvalue weighted by Gasteiger charge is -2.35. The molecule has 0 aromatic heterocycles. The molecule has 102 valence electrons. The van der Waals surface area contributed by atoms with Gasteiger partial charge in [-0.25, -0.2) is 0 Å². The minimum Gasteiger partial charge on any atom is -0.497 e. The van der Waals surface area contributed by atoms with Gasteiger partial charge in [-0.3, -0.25) is 0 Å². The topological polar surface area (TPSA) is 32.7 Å². The van der Waals surface area contributed by atoms with Crippen LogP contribution in [0, 0.1) is 0 Å². The first kappa shape index (κ1) is 15.0. The predicted molar refractivity (Wildman–Crippen MR) is 75.1 cm³/mol. The Bertz CT molecular complexity index is 363. The van der Waals surface area contributed by atoms with Crippen LogP contribution in [0.1, 0.15) is 25.8 Å². The van der Waals surface area contributed by atoms with Gasteiger partial charge in [0, 0.05) is 18.7 Å². The van der Waals surface area contributed by atoms with E-state index in [0.717, 1.165) is 25.1 Å². The van der Waals surface area contributed by atoms with Crippen LogP contribution in [0.3, 0.4) is 0 Å². The monoisotopic (exact) mass is 251 g/mol. The number of benzene rings is 1. The number of likely N-dealkylation sites (N-methyl/N-ethyl adjacent to an activating group) is 1. The fourth-order valence-electron chi connectivity index (χ4n) is 1.89. The maximum absolute atomic E-state index is 9.06. The molecule has 0 spiro atoms. The Balaban J connectivity index is 2.53. The molecule has 0 fully saturated rings. The van der Waals surface area contributed by atoms with E-state index in [1.165, 1.54) is 5.56 Å². The molecule has 0 bridgehead atoms. The van der Waals surface area contributed by atoms with Crippen molar-refractivity contribution in [2.24, 2.45) is 0 Å². The van der Waals surface area contributed by atoms with Crippen molar-refractivity contribution in [3.63, 3.8) is 0 Å². The summed E-state index contributed by atoms with van der Waals surface area (Å²) in [7, 11) is 3.80. The summed E-state index contributed by atoms with van der Waals surface area (Å²) in [5, 5.41) is 9.06. The summed E-state index contributed by atoms with van der Waals surface area (Å²) >= 11 is 0. The smallest absolute Gasteiger partial charge is 0.119 e. The molecule has 0 amide bonds. The van der Waals surface area contributed by atoms with E-state index in [1.54, 1.807) is 7.11 Å². The third-order valence-electron chi connectivity index (χ3n) is 3.63. The summed E-state index contributed by atoms with van der Waals surface area (Å²) in [6.07, 6.45) is 1.78.